The molecule has 0 aromatic rings. The van der Waals surface area contributed by atoms with Crippen LogP contribution in [0, 0.1) is 0 Å². The van der Waals surface area contributed by atoms with Crippen molar-refractivity contribution in [3.05, 3.63) is 0 Å². The van der Waals surface area contributed by atoms with E-state index in [-0.39, 0.29) is 17.7 Å². The number of hydrogen-bond donors (Lipinski definition) is 2. The van der Waals surface area contributed by atoms with Crippen molar-refractivity contribution in [3.8, 4) is 0 Å². The summed E-state index contributed by atoms with van der Waals surface area (Å²) in [4.78, 5) is 0. The van der Waals surface area contributed by atoms with Gasteiger partial charge in [0.15, 0.2) is 0 Å². The van der Waals surface area contributed by atoms with Crippen LogP contribution in [0.1, 0.15) is 25.7 Å². The smallest absolute Gasteiger partial charge is 0.106 e. The molecule has 4 nitrogen and oxygen atoms in total. The molecule has 2 aliphatic rings. The van der Waals surface area contributed by atoms with Crippen molar-refractivity contribution in [2.45, 2.75) is 43.4 Å². The minimum atomic E-state index is -0.179. The third-order valence-electron chi connectivity index (χ3n) is 3.67. The average molecular weight is 215 g/mol. The lowest BCUT2D eigenvalue weighted by Gasteiger charge is -2.28. The second-order valence-electron chi connectivity index (χ2n) is 4.68. The van der Waals surface area contributed by atoms with Gasteiger partial charge in [-0.1, -0.05) is 0 Å². The third kappa shape index (κ3) is 2.50. The highest BCUT2D eigenvalue weighted by atomic mass is 16.5. The molecule has 88 valence electrons. The van der Waals surface area contributed by atoms with Crippen LogP contribution in [0.15, 0.2) is 0 Å². The molecular weight excluding hydrogens is 194 g/mol. The molecule has 1 aliphatic carbocycles. The number of aliphatic hydroxyl groups excluding tert-OH is 1. The van der Waals surface area contributed by atoms with Crippen LogP contribution in [-0.4, -0.2) is 49.7 Å². The van der Waals surface area contributed by atoms with Gasteiger partial charge in [0.25, 0.3) is 0 Å². The highest BCUT2D eigenvalue weighted by molar-refractivity contribution is 4.91. The molecule has 3 atom stereocenters. The fraction of sp³-hybridized carbons (Fsp3) is 1.00. The average Bonchev–Trinajstić information content (AvgIpc) is 2.85. The molecular formula is C11H21NO3. The number of nitrogens with one attached hydrogen (secondary N) is 1. The van der Waals surface area contributed by atoms with Gasteiger partial charge in [-0.05, 0) is 19.3 Å². The Morgan fingerprint density at radius 1 is 1.53 bits per heavy atom. The van der Waals surface area contributed by atoms with Gasteiger partial charge in [0.1, 0.15) is 5.60 Å². The number of ether oxygens (including phenoxy) is 2. The maximum absolute atomic E-state index is 9.68. The van der Waals surface area contributed by atoms with E-state index in [9.17, 15) is 5.11 Å². The fourth-order valence-electron chi connectivity index (χ4n) is 2.46. The van der Waals surface area contributed by atoms with Crippen LogP contribution in [0.2, 0.25) is 0 Å². The van der Waals surface area contributed by atoms with Crippen molar-refractivity contribution in [2.24, 2.45) is 0 Å². The Kier molecular flexibility index (Phi) is 3.61. The molecule has 0 amide bonds. The van der Waals surface area contributed by atoms with Gasteiger partial charge in [-0.2, -0.15) is 0 Å². The first-order chi connectivity index (χ1) is 7.26. The predicted molar refractivity (Wildman–Crippen MR) is 56.8 cm³/mol. The second-order valence-corrected chi connectivity index (χ2v) is 4.68. The van der Waals surface area contributed by atoms with Gasteiger partial charge in [-0.15, -0.1) is 0 Å². The zero-order valence-electron chi connectivity index (χ0n) is 9.37. The van der Waals surface area contributed by atoms with Gasteiger partial charge in [0.2, 0.25) is 0 Å². The van der Waals surface area contributed by atoms with Gasteiger partial charge < -0.3 is 19.9 Å². The van der Waals surface area contributed by atoms with E-state index in [1.165, 1.54) is 0 Å². The largest absolute Gasteiger partial charge is 0.392 e. The summed E-state index contributed by atoms with van der Waals surface area (Å²) in [7, 11) is 1.74. The normalized spacial score (nSPS) is 41.2. The van der Waals surface area contributed by atoms with Crippen LogP contribution in [0.4, 0.5) is 0 Å². The zero-order chi connectivity index (χ0) is 10.7. The number of rotatable bonds is 4. The Hall–Kier alpha value is -0.160. The van der Waals surface area contributed by atoms with E-state index >= 15 is 0 Å². The molecule has 0 bridgehead atoms. The molecule has 2 rings (SSSR count). The number of methoxy groups -OCH3 is 1. The van der Waals surface area contributed by atoms with Crippen molar-refractivity contribution in [3.63, 3.8) is 0 Å². The monoisotopic (exact) mass is 215 g/mol. The van der Waals surface area contributed by atoms with E-state index in [1.807, 2.05) is 0 Å². The van der Waals surface area contributed by atoms with Crippen molar-refractivity contribution < 1.29 is 14.6 Å². The van der Waals surface area contributed by atoms with E-state index in [1.54, 1.807) is 7.11 Å². The van der Waals surface area contributed by atoms with E-state index < -0.39 is 0 Å². The Morgan fingerprint density at radius 2 is 2.40 bits per heavy atom. The lowest BCUT2D eigenvalue weighted by molar-refractivity contribution is -0.0199. The van der Waals surface area contributed by atoms with Crippen LogP contribution in [0.5, 0.6) is 0 Å². The summed E-state index contributed by atoms with van der Waals surface area (Å²) in [6, 6.07) is 0.248. The van der Waals surface area contributed by atoms with Gasteiger partial charge in [0, 0.05) is 32.7 Å². The predicted octanol–water partition coefficient (Wildman–Crippen LogP) is 0.295. The third-order valence-corrected chi connectivity index (χ3v) is 3.67. The zero-order valence-corrected chi connectivity index (χ0v) is 9.37. The fourth-order valence-corrected chi connectivity index (χ4v) is 2.46. The van der Waals surface area contributed by atoms with Crippen molar-refractivity contribution in [2.75, 3.05) is 26.9 Å². The number of aliphatic hydroxyl groups is 1. The first kappa shape index (κ1) is 11.3. The molecule has 2 N–H and O–H groups in total. The minimum Gasteiger partial charge on any atom is -0.392 e. The summed E-state index contributed by atoms with van der Waals surface area (Å²) < 4.78 is 10.9. The van der Waals surface area contributed by atoms with E-state index in [4.69, 9.17) is 9.47 Å². The molecule has 4 heteroatoms. The van der Waals surface area contributed by atoms with E-state index in [0.717, 1.165) is 38.8 Å². The summed E-state index contributed by atoms with van der Waals surface area (Å²) in [5.41, 5.74) is -0.164. The molecule has 1 saturated heterocycles. The lowest BCUT2D eigenvalue weighted by Crippen LogP contribution is -2.48. The maximum atomic E-state index is 9.68. The summed E-state index contributed by atoms with van der Waals surface area (Å²) in [6.07, 6.45) is 3.88. The highest BCUT2D eigenvalue weighted by Gasteiger charge is 2.36. The van der Waals surface area contributed by atoms with Gasteiger partial charge >= 0.3 is 0 Å². The molecule has 0 spiro atoms. The Labute approximate surface area is 90.9 Å². The Bertz CT molecular complexity index is 204. The van der Waals surface area contributed by atoms with Crippen LogP contribution in [-0.2, 0) is 9.47 Å². The molecule has 0 radical (unpaired) electrons. The lowest BCUT2D eigenvalue weighted by atomic mass is 10.0. The van der Waals surface area contributed by atoms with Crippen molar-refractivity contribution >= 4 is 0 Å². The van der Waals surface area contributed by atoms with E-state index in [2.05, 4.69) is 5.32 Å². The van der Waals surface area contributed by atoms with Crippen molar-refractivity contribution in [1.29, 1.82) is 0 Å². The first-order valence-corrected chi connectivity index (χ1v) is 5.80. The summed E-state index contributed by atoms with van der Waals surface area (Å²) in [5, 5.41) is 13.1. The molecule has 2 fully saturated rings. The molecule has 1 aliphatic heterocycles. The Morgan fingerprint density at radius 3 is 2.93 bits per heavy atom. The SMILES string of the molecule is COC1(CNC2CCCC2O)CCOC1. The maximum Gasteiger partial charge on any atom is 0.106 e. The standard InChI is InChI=1S/C11H21NO3/c1-14-11(5-6-15-8-11)7-12-9-3-2-4-10(9)13/h9-10,12-13H,2-8H2,1H3. The number of hydrogen-bond acceptors (Lipinski definition) is 4. The second kappa shape index (κ2) is 4.78. The first-order valence-electron chi connectivity index (χ1n) is 5.80. The van der Waals surface area contributed by atoms with Crippen LogP contribution in [0.25, 0.3) is 0 Å². The quantitative estimate of drug-likeness (QED) is 0.708. The molecule has 0 aromatic heterocycles. The summed E-state index contributed by atoms with van der Waals surface area (Å²) >= 11 is 0. The van der Waals surface area contributed by atoms with E-state index in [0.29, 0.717) is 6.61 Å². The summed E-state index contributed by atoms with van der Waals surface area (Å²) in [6.45, 7) is 2.23. The van der Waals surface area contributed by atoms with Gasteiger partial charge in [-0.3, -0.25) is 0 Å². The van der Waals surface area contributed by atoms with Crippen LogP contribution in [0.3, 0.4) is 0 Å². The Balaban J connectivity index is 1.80. The van der Waals surface area contributed by atoms with Crippen molar-refractivity contribution in [1.82, 2.24) is 5.32 Å². The molecule has 0 aromatic carbocycles. The van der Waals surface area contributed by atoms with Gasteiger partial charge in [-0.25, -0.2) is 0 Å². The molecule has 1 saturated carbocycles. The molecule has 1 heterocycles. The molecule has 15 heavy (non-hydrogen) atoms. The minimum absolute atomic E-state index is 0.164. The highest BCUT2D eigenvalue weighted by Crippen LogP contribution is 2.24. The van der Waals surface area contributed by atoms with Crippen LogP contribution < -0.4 is 5.32 Å². The molecule has 3 unspecified atom stereocenters. The topological polar surface area (TPSA) is 50.7 Å². The van der Waals surface area contributed by atoms with Crippen LogP contribution >= 0.6 is 0 Å². The summed E-state index contributed by atoms with van der Waals surface area (Å²) in [5.74, 6) is 0. The van der Waals surface area contributed by atoms with Gasteiger partial charge in [0.05, 0.1) is 12.7 Å².